The minimum atomic E-state index is -0.947. The molecule has 0 aliphatic rings. The Labute approximate surface area is 160 Å². The van der Waals surface area contributed by atoms with Gasteiger partial charge in [0.1, 0.15) is 10.6 Å². The lowest BCUT2D eigenvalue weighted by Gasteiger charge is -2.00. The first kappa shape index (κ1) is 16.0. The standard InChI is InChI=1S/C19H11N3O3S2/c20-18-17-11(12(5-22-18)9-3-15(19(23)24)26-7-9)4-14(25-17)13-8-27-16-6-21-2-1-10(13)16/h1-8H,(H2,20,22)(H,23,24). The van der Waals surface area contributed by atoms with Crippen LogP contribution < -0.4 is 5.73 Å². The van der Waals surface area contributed by atoms with Crippen molar-refractivity contribution in [2.75, 3.05) is 5.73 Å². The molecule has 0 amide bonds. The maximum Gasteiger partial charge on any atom is 0.345 e. The predicted molar refractivity (Wildman–Crippen MR) is 107 cm³/mol. The molecule has 0 unspecified atom stereocenters. The van der Waals surface area contributed by atoms with Crippen molar-refractivity contribution in [3.63, 3.8) is 0 Å². The molecule has 132 valence electrons. The third-order valence-electron chi connectivity index (χ3n) is 4.35. The Morgan fingerprint density at radius 3 is 2.81 bits per heavy atom. The van der Waals surface area contributed by atoms with Gasteiger partial charge in [-0.3, -0.25) is 4.98 Å². The van der Waals surface area contributed by atoms with E-state index in [2.05, 4.69) is 9.97 Å². The van der Waals surface area contributed by atoms with Crippen LogP contribution in [0.3, 0.4) is 0 Å². The second-order valence-electron chi connectivity index (χ2n) is 5.94. The number of nitrogens with zero attached hydrogens (tertiary/aromatic N) is 2. The number of nitrogen functional groups attached to an aromatic ring is 1. The minimum absolute atomic E-state index is 0.273. The number of hydrogen-bond donors (Lipinski definition) is 2. The maximum absolute atomic E-state index is 11.2. The molecule has 0 aliphatic carbocycles. The largest absolute Gasteiger partial charge is 0.477 e. The lowest BCUT2D eigenvalue weighted by molar-refractivity contribution is 0.0702. The number of carboxylic acids is 1. The summed E-state index contributed by atoms with van der Waals surface area (Å²) in [5.41, 5.74) is 9.07. The highest BCUT2D eigenvalue weighted by atomic mass is 32.1. The summed E-state index contributed by atoms with van der Waals surface area (Å²) in [4.78, 5) is 19.9. The summed E-state index contributed by atoms with van der Waals surface area (Å²) in [5.74, 6) is 0.0455. The van der Waals surface area contributed by atoms with Crippen LogP contribution in [0.2, 0.25) is 0 Å². The summed E-state index contributed by atoms with van der Waals surface area (Å²) < 4.78 is 7.13. The molecule has 0 aliphatic heterocycles. The van der Waals surface area contributed by atoms with Crippen LogP contribution in [0.25, 0.3) is 43.5 Å². The zero-order chi connectivity index (χ0) is 18.5. The fourth-order valence-electron chi connectivity index (χ4n) is 3.07. The predicted octanol–water partition coefficient (Wildman–Crippen LogP) is 5.11. The molecule has 0 saturated carbocycles. The molecule has 0 spiro atoms. The number of furan rings is 1. The van der Waals surface area contributed by atoms with E-state index in [4.69, 9.17) is 10.2 Å². The number of thiophene rings is 2. The number of carboxylic acid groups (broad SMARTS) is 1. The van der Waals surface area contributed by atoms with E-state index in [0.717, 1.165) is 32.2 Å². The molecule has 5 heterocycles. The van der Waals surface area contributed by atoms with Gasteiger partial charge in [-0.25, -0.2) is 9.78 Å². The Bertz CT molecular complexity index is 1330. The average molecular weight is 393 g/mol. The first-order valence-corrected chi connectivity index (χ1v) is 9.69. The van der Waals surface area contributed by atoms with Gasteiger partial charge in [-0.1, -0.05) is 0 Å². The van der Waals surface area contributed by atoms with Crippen LogP contribution in [0.5, 0.6) is 0 Å². The molecular formula is C19H11N3O3S2. The Morgan fingerprint density at radius 1 is 1.11 bits per heavy atom. The number of carbonyl (C=O) groups is 1. The molecule has 0 radical (unpaired) electrons. The molecular weight excluding hydrogens is 382 g/mol. The summed E-state index contributed by atoms with van der Waals surface area (Å²) in [6, 6.07) is 5.52. The smallest absolute Gasteiger partial charge is 0.345 e. The molecule has 3 N–H and O–H groups in total. The molecule has 8 heteroatoms. The van der Waals surface area contributed by atoms with E-state index >= 15 is 0 Å². The van der Waals surface area contributed by atoms with E-state index in [1.54, 1.807) is 35.2 Å². The van der Waals surface area contributed by atoms with Crippen LogP contribution in [0.1, 0.15) is 9.67 Å². The number of rotatable bonds is 3. The number of hydrogen-bond acceptors (Lipinski definition) is 7. The van der Waals surface area contributed by atoms with Crippen molar-refractivity contribution in [2.45, 2.75) is 0 Å². The van der Waals surface area contributed by atoms with E-state index in [9.17, 15) is 9.90 Å². The third kappa shape index (κ3) is 2.49. The maximum atomic E-state index is 11.2. The first-order valence-electron chi connectivity index (χ1n) is 7.93. The molecule has 0 fully saturated rings. The van der Waals surface area contributed by atoms with Gasteiger partial charge < -0.3 is 15.3 Å². The van der Waals surface area contributed by atoms with Gasteiger partial charge in [0.25, 0.3) is 0 Å². The monoisotopic (exact) mass is 393 g/mol. The molecule has 6 nitrogen and oxygen atoms in total. The zero-order valence-electron chi connectivity index (χ0n) is 13.7. The average Bonchev–Trinajstić information content (AvgIpc) is 3.39. The van der Waals surface area contributed by atoms with Gasteiger partial charge in [0.15, 0.2) is 11.4 Å². The highest BCUT2D eigenvalue weighted by Gasteiger charge is 2.18. The van der Waals surface area contributed by atoms with Crippen LogP contribution in [-0.2, 0) is 0 Å². The minimum Gasteiger partial charge on any atom is -0.477 e. The summed E-state index contributed by atoms with van der Waals surface area (Å²) >= 11 is 2.77. The normalized spacial score (nSPS) is 11.4. The lowest BCUT2D eigenvalue weighted by atomic mass is 10.1. The lowest BCUT2D eigenvalue weighted by Crippen LogP contribution is -1.92. The van der Waals surface area contributed by atoms with Crippen LogP contribution in [0.15, 0.2) is 52.0 Å². The van der Waals surface area contributed by atoms with E-state index in [1.807, 2.05) is 23.7 Å². The fourth-order valence-corrected chi connectivity index (χ4v) is 4.73. The van der Waals surface area contributed by atoms with Gasteiger partial charge in [-0.15, -0.1) is 22.7 Å². The Morgan fingerprint density at radius 2 is 2.00 bits per heavy atom. The van der Waals surface area contributed by atoms with Crippen molar-refractivity contribution in [1.29, 1.82) is 0 Å². The molecule has 0 bridgehead atoms. The third-order valence-corrected chi connectivity index (χ3v) is 6.20. The van der Waals surface area contributed by atoms with E-state index in [-0.39, 0.29) is 4.88 Å². The van der Waals surface area contributed by atoms with Crippen molar-refractivity contribution in [3.8, 4) is 22.5 Å². The molecule has 0 atom stereocenters. The molecule has 5 rings (SSSR count). The van der Waals surface area contributed by atoms with Crippen LogP contribution in [-0.4, -0.2) is 21.0 Å². The molecule has 27 heavy (non-hydrogen) atoms. The second-order valence-corrected chi connectivity index (χ2v) is 7.76. The highest BCUT2D eigenvalue weighted by molar-refractivity contribution is 7.17. The first-order chi connectivity index (χ1) is 13.1. The van der Waals surface area contributed by atoms with E-state index < -0.39 is 5.97 Å². The van der Waals surface area contributed by atoms with Gasteiger partial charge in [-0.05, 0) is 29.1 Å². The summed E-state index contributed by atoms with van der Waals surface area (Å²) in [6.45, 7) is 0. The van der Waals surface area contributed by atoms with E-state index in [0.29, 0.717) is 17.2 Å². The Balaban J connectivity index is 1.73. The number of anilines is 1. The van der Waals surface area contributed by atoms with Gasteiger partial charge in [0.2, 0.25) is 0 Å². The number of aromatic carboxylic acids is 1. The topological polar surface area (TPSA) is 102 Å². The highest BCUT2D eigenvalue weighted by Crippen LogP contribution is 2.40. The quantitative estimate of drug-likeness (QED) is 0.441. The van der Waals surface area contributed by atoms with Crippen LogP contribution in [0.4, 0.5) is 5.82 Å². The van der Waals surface area contributed by atoms with Crippen molar-refractivity contribution in [1.82, 2.24) is 9.97 Å². The van der Waals surface area contributed by atoms with E-state index in [1.165, 1.54) is 11.3 Å². The zero-order valence-corrected chi connectivity index (χ0v) is 15.3. The van der Waals surface area contributed by atoms with Crippen molar-refractivity contribution < 1.29 is 14.3 Å². The van der Waals surface area contributed by atoms with Crippen molar-refractivity contribution >= 4 is 55.5 Å². The number of pyridine rings is 2. The summed E-state index contributed by atoms with van der Waals surface area (Å²) in [6.07, 6.45) is 5.23. The summed E-state index contributed by atoms with van der Waals surface area (Å²) in [7, 11) is 0. The second kappa shape index (κ2) is 5.90. The number of nitrogens with two attached hydrogens (primary N) is 1. The summed E-state index contributed by atoms with van der Waals surface area (Å²) in [5, 5.41) is 14.9. The van der Waals surface area contributed by atoms with Crippen molar-refractivity contribution in [2.24, 2.45) is 0 Å². The van der Waals surface area contributed by atoms with Crippen LogP contribution in [0, 0.1) is 0 Å². The van der Waals surface area contributed by atoms with Crippen molar-refractivity contribution in [3.05, 3.63) is 52.4 Å². The Hall–Kier alpha value is -3.23. The Kier molecular flexibility index (Phi) is 3.49. The van der Waals surface area contributed by atoms with Gasteiger partial charge in [-0.2, -0.15) is 0 Å². The van der Waals surface area contributed by atoms with Gasteiger partial charge >= 0.3 is 5.97 Å². The van der Waals surface area contributed by atoms with Crippen LogP contribution >= 0.6 is 22.7 Å². The SMILES string of the molecule is Nc1ncc(-c2csc(C(=O)O)c2)c2cc(-c3csc4cnccc34)oc12. The van der Waals surface area contributed by atoms with Gasteiger partial charge in [0, 0.05) is 45.9 Å². The fraction of sp³-hybridized carbons (Fsp3) is 0. The number of fused-ring (bicyclic) bond motifs is 2. The van der Waals surface area contributed by atoms with Gasteiger partial charge in [0.05, 0.1) is 4.70 Å². The molecule has 0 saturated heterocycles. The number of aromatic nitrogens is 2. The molecule has 5 aromatic heterocycles. The molecule has 5 aromatic rings. The molecule has 0 aromatic carbocycles.